The van der Waals surface area contributed by atoms with Crippen molar-refractivity contribution in [3.63, 3.8) is 0 Å². The zero-order valence-electron chi connectivity index (χ0n) is 13.1. The monoisotopic (exact) mass is 285 g/mol. The lowest BCUT2D eigenvalue weighted by Crippen LogP contribution is -2.10. The molecule has 0 fully saturated rings. The molecule has 0 saturated carbocycles. The van der Waals surface area contributed by atoms with Crippen LogP contribution in [0.3, 0.4) is 0 Å². The van der Waals surface area contributed by atoms with E-state index in [1.807, 2.05) is 18.2 Å². The zero-order chi connectivity index (χ0) is 15.2. The van der Waals surface area contributed by atoms with Crippen molar-refractivity contribution in [3.05, 3.63) is 53.6 Å². The maximum absolute atomic E-state index is 5.36. The summed E-state index contributed by atoms with van der Waals surface area (Å²) in [6, 6.07) is 14.5. The minimum atomic E-state index is 0.443. The predicted molar refractivity (Wildman–Crippen MR) is 87.6 cm³/mol. The third kappa shape index (κ3) is 3.69. The second-order valence-corrected chi connectivity index (χ2v) is 5.21. The van der Waals surface area contributed by atoms with Gasteiger partial charge in [0.15, 0.2) is 11.5 Å². The van der Waals surface area contributed by atoms with Crippen LogP contribution in [0.15, 0.2) is 42.5 Å². The Labute approximate surface area is 126 Å². The quantitative estimate of drug-likeness (QED) is 0.861. The van der Waals surface area contributed by atoms with Gasteiger partial charge in [0.05, 0.1) is 14.2 Å². The Morgan fingerprint density at radius 1 is 1.00 bits per heavy atom. The van der Waals surface area contributed by atoms with Crippen LogP contribution in [-0.4, -0.2) is 20.8 Å². The van der Waals surface area contributed by atoms with Gasteiger partial charge in [-0.05, 0) is 30.0 Å². The lowest BCUT2D eigenvalue weighted by atomic mass is 10.0. The van der Waals surface area contributed by atoms with Gasteiger partial charge in [-0.1, -0.05) is 37.3 Å². The van der Waals surface area contributed by atoms with Crippen molar-refractivity contribution in [1.29, 1.82) is 0 Å². The van der Waals surface area contributed by atoms with Crippen LogP contribution in [-0.2, 0) is 0 Å². The van der Waals surface area contributed by atoms with Crippen LogP contribution >= 0.6 is 0 Å². The Morgan fingerprint density at radius 2 is 1.62 bits per heavy atom. The van der Waals surface area contributed by atoms with E-state index in [0.717, 1.165) is 29.3 Å². The fraction of sp³-hybridized carbons (Fsp3) is 0.333. The lowest BCUT2D eigenvalue weighted by Gasteiger charge is -2.17. The first-order chi connectivity index (χ1) is 10.2. The molecule has 0 saturated heterocycles. The van der Waals surface area contributed by atoms with Crippen molar-refractivity contribution >= 4 is 5.69 Å². The molecular formula is C18H23NO2. The van der Waals surface area contributed by atoms with Gasteiger partial charge in [0, 0.05) is 18.3 Å². The summed E-state index contributed by atoms with van der Waals surface area (Å²) in [5.74, 6) is 1.95. The standard InChI is InChI=1S/C18H23NO2/c1-13-10-17(20-3)18(21-4)11-16(13)19-12-14(2)15-8-6-5-7-9-15/h5-11,14,19H,12H2,1-4H3. The maximum atomic E-state index is 5.36. The fourth-order valence-corrected chi connectivity index (χ4v) is 2.33. The SMILES string of the molecule is COc1cc(C)c(NCC(C)c2ccccc2)cc1OC. The minimum Gasteiger partial charge on any atom is -0.493 e. The number of methoxy groups -OCH3 is 2. The van der Waals surface area contributed by atoms with Gasteiger partial charge in [-0.25, -0.2) is 0 Å². The van der Waals surface area contributed by atoms with Gasteiger partial charge in [0.1, 0.15) is 0 Å². The number of rotatable bonds is 6. The molecule has 0 aliphatic rings. The van der Waals surface area contributed by atoms with Crippen molar-refractivity contribution in [2.45, 2.75) is 19.8 Å². The molecule has 112 valence electrons. The number of anilines is 1. The molecule has 0 radical (unpaired) electrons. The van der Waals surface area contributed by atoms with Gasteiger partial charge in [-0.3, -0.25) is 0 Å². The van der Waals surface area contributed by atoms with E-state index in [1.165, 1.54) is 5.56 Å². The second-order valence-electron chi connectivity index (χ2n) is 5.21. The Bertz CT molecular complexity index is 581. The third-order valence-electron chi connectivity index (χ3n) is 3.70. The van der Waals surface area contributed by atoms with Crippen molar-refractivity contribution in [2.24, 2.45) is 0 Å². The Kier molecular flexibility index (Phi) is 5.09. The molecule has 2 aromatic carbocycles. The molecule has 0 aromatic heterocycles. The average molecular weight is 285 g/mol. The van der Waals surface area contributed by atoms with Crippen LogP contribution in [0.4, 0.5) is 5.69 Å². The van der Waals surface area contributed by atoms with Gasteiger partial charge in [-0.15, -0.1) is 0 Å². The summed E-state index contributed by atoms with van der Waals surface area (Å²) >= 11 is 0. The number of nitrogens with one attached hydrogen (secondary N) is 1. The highest BCUT2D eigenvalue weighted by Crippen LogP contribution is 2.33. The molecule has 0 heterocycles. The number of ether oxygens (including phenoxy) is 2. The molecule has 0 spiro atoms. The average Bonchev–Trinajstić information content (AvgIpc) is 2.53. The number of hydrogen-bond donors (Lipinski definition) is 1. The van der Waals surface area contributed by atoms with Gasteiger partial charge in [0.2, 0.25) is 0 Å². The van der Waals surface area contributed by atoms with E-state index in [-0.39, 0.29) is 0 Å². The normalized spacial score (nSPS) is 11.8. The van der Waals surface area contributed by atoms with E-state index >= 15 is 0 Å². The molecule has 0 aliphatic heterocycles. The second kappa shape index (κ2) is 7.02. The van der Waals surface area contributed by atoms with E-state index < -0.39 is 0 Å². The topological polar surface area (TPSA) is 30.5 Å². The molecular weight excluding hydrogens is 262 g/mol. The summed E-state index contributed by atoms with van der Waals surface area (Å²) in [6.07, 6.45) is 0. The van der Waals surface area contributed by atoms with Gasteiger partial charge in [0.25, 0.3) is 0 Å². The van der Waals surface area contributed by atoms with Crippen LogP contribution in [0, 0.1) is 6.92 Å². The third-order valence-corrected chi connectivity index (χ3v) is 3.70. The first-order valence-electron chi connectivity index (χ1n) is 7.17. The van der Waals surface area contributed by atoms with Crippen molar-refractivity contribution in [1.82, 2.24) is 0 Å². The minimum absolute atomic E-state index is 0.443. The zero-order valence-corrected chi connectivity index (χ0v) is 13.1. The molecule has 2 rings (SSSR count). The van der Waals surface area contributed by atoms with E-state index in [4.69, 9.17) is 9.47 Å². The summed E-state index contributed by atoms with van der Waals surface area (Å²) in [5.41, 5.74) is 3.56. The maximum Gasteiger partial charge on any atom is 0.162 e. The predicted octanol–water partition coefficient (Wildman–Crippen LogP) is 4.23. The summed E-state index contributed by atoms with van der Waals surface area (Å²) < 4.78 is 10.7. The molecule has 3 heteroatoms. The van der Waals surface area contributed by atoms with Crippen LogP contribution in [0.5, 0.6) is 11.5 Å². The summed E-state index contributed by atoms with van der Waals surface area (Å²) in [5, 5.41) is 3.50. The van der Waals surface area contributed by atoms with E-state index in [9.17, 15) is 0 Å². The fourth-order valence-electron chi connectivity index (χ4n) is 2.33. The smallest absolute Gasteiger partial charge is 0.162 e. The highest BCUT2D eigenvalue weighted by molar-refractivity contribution is 5.60. The molecule has 21 heavy (non-hydrogen) atoms. The van der Waals surface area contributed by atoms with Crippen LogP contribution < -0.4 is 14.8 Å². The summed E-state index contributed by atoms with van der Waals surface area (Å²) in [6.45, 7) is 5.16. The highest BCUT2D eigenvalue weighted by Gasteiger charge is 2.10. The molecule has 1 atom stereocenters. The van der Waals surface area contributed by atoms with Gasteiger partial charge >= 0.3 is 0 Å². The van der Waals surface area contributed by atoms with Crippen molar-refractivity contribution < 1.29 is 9.47 Å². The van der Waals surface area contributed by atoms with Gasteiger partial charge < -0.3 is 14.8 Å². The van der Waals surface area contributed by atoms with Gasteiger partial charge in [-0.2, -0.15) is 0 Å². The molecule has 0 bridgehead atoms. The Morgan fingerprint density at radius 3 is 2.24 bits per heavy atom. The van der Waals surface area contributed by atoms with Crippen LogP contribution in [0.25, 0.3) is 0 Å². The number of benzene rings is 2. The Balaban J connectivity index is 2.09. The molecule has 1 unspecified atom stereocenters. The first-order valence-corrected chi connectivity index (χ1v) is 7.17. The van der Waals surface area contributed by atoms with E-state index in [1.54, 1.807) is 14.2 Å². The molecule has 2 aromatic rings. The van der Waals surface area contributed by atoms with Crippen molar-refractivity contribution in [3.8, 4) is 11.5 Å². The largest absolute Gasteiger partial charge is 0.493 e. The molecule has 3 nitrogen and oxygen atoms in total. The van der Waals surface area contributed by atoms with Crippen molar-refractivity contribution in [2.75, 3.05) is 26.1 Å². The summed E-state index contributed by atoms with van der Waals surface area (Å²) in [7, 11) is 3.31. The number of aryl methyl sites for hydroxylation is 1. The molecule has 1 N–H and O–H groups in total. The van der Waals surface area contributed by atoms with E-state index in [2.05, 4.69) is 43.4 Å². The van der Waals surface area contributed by atoms with Crippen LogP contribution in [0.1, 0.15) is 24.0 Å². The Hall–Kier alpha value is -2.16. The molecule has 0 aliphatic carbocycles. The molecule has 0 amide bonds. The summed E-state index contributed by atoms with van der Waals surface area (Å²) in [4.78, 5) is 0. The van der Waals surface area contributed by atoms with E-state index in [0.29, 0.717) is 5.92 Å². The first kappa shape index (κ1) is 15.2. The van der Waals surface area contributed by atoms with Crippen LogP contribution in [0.2, 0.25) is 0 Å². The lowest BCUT2D eigenvalue weighted by molar-refractivity contribution is 0.355. The highest BCUT2D eigenvalue weighted by atomic mass is 16.5. The number of hydrogen-bond acceptors (Lipinski definition) is 3.